The number of likely N-dealkylation sites (tertiary alicyclic amines) is 1. The minimum absolute atomic E-state index is 0.0621. The number of amides is 1. The number of rotatable bonds is 3. The van der Waals surface area contributed by atoms with Gasteiger partial charge in [0.2, 0.25) is 0 Å². The summed E-state index contributed by atoms with van der Waals surface area (Å²) in [6.07, 6.45) is 1.81. The molecule has 0 bridgehead atoms. The van der Waals surface area contributed by atoms with Crippen LogP contribution in [0.4, 0.5) is 5.69 Å². The van der Waals surface area contributed by atoms with Crippen molar-refractivity contribution in [3.63, 3.8) is 0 Å². The number of nitrogens with zero attached hydrogens (tertiary/aromatic N) is 3. The van der Waals surface area contributed by atoms with Crippen LogP contribution >= 0.6 is 0 Å². The smallest absolute Gasteiger partial charge is 0.278 e. The second-order valence-corrected chi connectivity index (χ2v) is 5.83. The number of carbonyl (C=O) groups is 1. The molecule has 0 aliphatic carbocycles. The van der Waals surface area contributed by atoms with Gasteiger partial charge in [0.15, 0.2) is 0 Å². The highest BCUT2D eigenvalue weighted by Crippen LogP contribution is 2.29. The van der Waals surface area contributed by atoms with Gasteiger partial charge in [-0.25, -0.2) is 0 Å². The van der Waals surface area contributed by atoms with E-state index < -0.39 is 11.0 Å². The number of hydrogen-bond acceptors (Lipinski definition) is 5. The molecule has 1 aliphatic rings. The van der Waals surface area contributed by atoms with Crippen LogP contribution in [0.1, 0.15) is 23.7 Å². The summed E-state index contributed by atoms with van der Waals surface area (Å²) < 4.78 is 0. The highest BCUT2D eigenvalue weighted by Gasteiger charge is 2.31. The van der Waals surface area contributed by atoms with Gasteiger partial charge in [-0.3, -0.25) is 19.9 Å². The molecular weight excluding hydrogens is 298 g/mol. The number of non-ortho nitro benzene ring substituents is 1. The largest absolute Gasteiger partial charge is 0.393 e. The van der Waals surface area contributed by atoms with Crippen LogP contribution in [-0.2, 0) is 0 Å². The molecule has 120 valence electrons. The van der Waals surface area contributed by atoms with Gasteiger partial charge < -0.3 is 10.0 Å². The van der Waals surface area contributed by atoms with Gasteiger partial charge in [-0.2, -0.15) is 0 Å². The monoisotopic (exact) mass is 315 g/mol. The van der Waals surface area contributed by atoms with Crippen molar-refractivity contribution in [3.05, 3.63) is 46.1 Å². The third-order valence-corrected chi connectivity index (χ3v) is 4.37. The number of aromatic nitrogens is 1. The molecule has 7 heteroatoms. The lowest BCUT2D eigenvalue weighted by atomic mass is 10.0. The van der Waals surface area contributed by atoms with E-state index >= 15 is 0 Å². The molecule has 1 aromatic heterocycles. The molecule has 1 amide bonds. The number of hydrogen-bond donors (Lipinski definition) is 1. The molecule has 2 heterocycles. The third-order valence-electron chi connectivity index (χ3n) is 4.37. The number of nitro benzene ring substituents is 1. The van der Waals surface area contributed by atoms with Crippen LogP contribution in [0.3, 0.4) is 0 Å². The van der Waals surface area contributed by atoms with Crippen LogP contribution in [0.5, 0.6) is 0 Å². The van der Waals surface area contributed by atoms with Crippen molar-refractivity contribution >= 4 is 22.5 Å². The topological polar surface area (TPSA) is 96.6 Å². The van der Waals surface area contributed by atoms with Gasteiger partial charge in [0.25, 0.3) is 11.6 Å². The predicted molar refractivity (Wildman–Crippen MR) is 84.1 cm³/mol. The molecular formula is C16H17N3O4. The fourth-order valence-corrected chi connectivity index (χ4v) is 3.03. The summed E-state index contributed by atoms with van der Waals surface area (Å²) in [6.45, 7) is 2.78. The van der Waals surface area contributed by atoms with Crippen molar-refractivity contribution in [2.24, 2.45) is 5.92 Å². The first-order valence-electron chi connectivity index (χ1n) is 7.48. The van der Waals surface area contributed by atoms with Crippen LogP contribution < -0.4 is 0 Å². The summed E-state index contributed by atoms with van der Waals surface area (Å²) in [4.78, 5) is 29.2. The van der Waals surface area contributed by atoms with Gasteiger partial charge in [0.1, 0.15) is 0 Å². The summed E-state index contributed by atoms with van der Waals surface area (Å²) in [5.74, 6) is -0.136. The second kappa shape index (κ2) is 5.92. The number of aliphatic hydroxyl groups excluding tert-OH is 1. The molecule has 1 N–H and O–H groups in total. The van der Waals surface area contributed by atoms with Crippen LogP contribution in [0.25, 0.3) is 10.9 Å². The fourth-order valence-electron chi connectivity index (χ4n) is 3.03. The van der Waals surface area contributed by atoms with E-state index in [9.17, 15) is 20.0 Å². The van der Waals surface area contributed by atoms with Gasteiger partial charge in [-0.1, -0.05) is 0 Å². The first kappa shape index (κ1) is 15.4. The van der Waals surface area contributed by atoms with E-state index in [1.165, 1.54) is 18.3 Å². The SMILES string of the molecule is CC(O)C1CCN(C(=O)c2ccc([N+](=O)[O-])c3cccnc23)C1. The number of benzene rings is 1. The van der Waals surface area contributed by atoms with Gasteiger partial charge in [0, 0.05) is 31.3 Å². The lowest BCUT2D eigenvalue weighted by Crippen LogP contribution is -2.30. The Labute approximate surface area is 132 Å². The highest BCUT2D eigenvalue weighted by molar-refractivity contribution is 6.07. The third kappa shape index (κ3) is 2.75. The molecule has 7 nitrogen and oxygen atoms in total. The molecule has 2 unspecified atom stereocenters. The molecule has 0 spiro atoms. The maximum Gasteiger partial charge on any atom is 0.278 e. The minimum Gasteiger partial charge on any atom is -0.393 e. The Kier molecular flexibility index (Phi) is 3.96. The molecule has 3 rings (SSSR count). The van der Waals surface area contributed by atoms with Crippen molar-refractivity contribution in [1.29, 1.82) is 0 Å². The van der Waals surface area contributed by atoms with Gasteiger partial charge in [0.05, 0.1) is 27.5 Å². The van der Waals surface area contributed by atoms with Crippen molar-refractivity contribution < 1.29 is 14.8 Å². The van der Waals surface area contributed by atoms with E-state index in [2.05, 4.69) is 4.98 Å². The van der Waals surface area contributed by atoms with E-state index in [0.717, 1.165) is 6.42 Å². The summed E-state index contributed by atoms with van der Waals surface area (Å²) in [6, 6.07) is 6.02. The van der Waals surface area contributed by atoms with E-state index in [-0.39, 0.29) is 17.5 Å². The van der Waals surface area contributed by atoms with Crippen molar-refractivity contribution in [2.75, 3.05) is 13.1 Å². The Morgan fingerprint density at radius 1 is 1.48 bits per heavy atom. The molecule has 0 radical (unpaired) electrons. The van der Waals surface area contributed by atoms with Gasteiger partial charge in [-0.05, 0) is 31.5 Å². The Hall–Kier alpha value is -2.54. The van der Waals surface area contributed by atoms with Gasteiger partial charge in [-0.15, -0.1) is 0 Å². The Balaban J connectivity index is 1.99. The van der Waals surface area contributed by atoms with Crippen LogP contribution in [0.2, 0.25) is 0 Å². The second-order valence-electron chi connectivity index (χ2n) is 5.83. The molecule has 0 saturated carbocycles. The number of fused-ring (bicyclic) bond motifs is 1. The number of aliphatic hydroxyl groups is 1. The zero-order valence-corrected chi connectivity index (χ0v) is 12.7. The molecule has 1 saturated heterocycles. The quantitative estimate of drug-likeness (QED) is 0.690. The molecule has 2 aromatic rings. The molecule has 1 aliphatic heterocycles. The lowest BCUT2D eigenvalue weighted by Gasteiger charge is -2.18. The van der Waals surface area contributed by atoms with Crippen LogP contribution in [0, 0.1) is 16.0 Å². The average Bonchev–Trinajstić information content (AvgIpc) is 3.03. The number of nitro groups is 1. The zero-order chi connectivity index (χ0) is 16.6. The van der Waals surface area contributed by atoms with Crippen molar-refractivity contribution in [2.45, 2.75) is 19.4 Å². The van der Waals surface area contributed by atoms with Crippen molar-refractivity contribution in [1.82, 2.24) is 9.88 Å². The van der Waals surface area contributed by atoms with E-state index in [1.54, 1.807) is 24.0 Å². The maximum absolute atomic E-state index is 12.7. The maximum atomic E-state index is 12.7. The average molecular weight is 315 g/mol. The Morgan fingerprint density at radius 2 is 2.26 bits per heavy atom. The van der Waals surface area contributed by atoms with E-state index in [4.69, 9.17) is 0 Å². The standard InChI is InChI=1S/C16H17N3O4/c1-10(20)11-6-8-18(9-11)16(21)13-4-5-14(19(22)23)12-3-2-7-17-15(12)13/h2-5,7,10-11,20H,6,8-9H2,1H3. The summed E-state index contributed by atoms with van der Waals surface area (Å²) in [5, 5.41) is 21.1. The molecule has 1 fully saturated rings. The van der Waals surface area contributed by atoms with E-state index in [1.807, 2.05) is 0 Å². The molecule has 2 atom stereocenters. The van der Waals surface area contributed by atoms with E-state index in [0.29, 0.717) is 29.6 Å². The van der Waals surface area contributed by atoms with Crippen LogP contribution in [0.15, 0.2) is 30.5 Å². The Morgan fingerprint density at radius 3 is 2.91 bits per heavy atom. The number of carbonyl (C=O) groups excluding carboxylic acids is 1. The van der Waals surface area contributed by atoms with Gasteiger partial charge >= 0.3 is 0 Å². The summed E-state index contributed by atoms with van der Waals surface area (Å²) in [5.41, 5.74) is 0.637. The van der Waals surface area contributed by atoms with Crippen molar-refractivity contribution in [3.8, 4) is 0 Å². The lowest BCUT2D eigenvalue weighted by molar-refractivity contribution is -0.383. The Bertz CT molecular complexity index is 775. The number of pyridine rings is 1. The molecule has 1 aromatic carbocycles. The predicted octanol–water partition coefficient (Wildman–Crippen LogP) is 1.99. The minimum atomic E-state index is -0.475. The summed E-state index contributed by atoms with van der Waals surface area (Å²) >= 11 is 0. The summed E-state index contributed by atoms with van der Waals surface area (Å²) in [7, 11) is 0. The fraction of sp³-hybridized carbons (Fsp3) is 0.375. The normalized spacial score (nSPS) is 19.0. The first-order chi connectivity index (χ1) is 11.0. The zero-order valence-electron chi connectivity index (χ0n) is 12.7. The molecule has 23 heavy (non-hydrogen) atoms. The first-order valence-corrected chi connectivity index (χ1v) is 7.48. The highest BCUT2D eigenvalue weighted by atomic mass is 16.6. The van der Waals surface area contributed by atoms with Crippen LogP contribution in [-0.4, -0.2) is 45.0 Å².